The van der Waals surface area contributed by atoms with E-state index in [9.17, 15) is 5.11 Å². The summed E-state index contributed by atoms with van der Waals surface area (Å²) >= 11 is 0. The lowest BCUT2D eigenvalue weighted by Crippen LogP contribution is -2.46. The standard InChI is InChI=1S/C20H27N5O2/c26-19-9-8-17(23-18(19)16-22-27)6-2-1-5-11-24-12-14-25(15-13-24)20-7-3-4-10-21-20/h3-4,7-10,16,26-27H,1-2,5-6,11-15H2. The summed E-state index contributed by atoms with van der Waals surface area (Å²) in [6.07, 6.45) is 7.24. The first kappa shape index (κ1) is 19.1. The van der Waals surface area contributed by atoms with Gasteiger partial charge in [-0.05, 0) is 50.1 Å². The van der Waals surface area contributed by atoms with Gasteiger partial charge in [-0.2, -0.15) is 0 Å². The Morgan fingerprint density at radius 1 is 1.04 bits per heavy atom. The van der Waals surface area contributed by atoms with Crippen LogP contribution in [0.5, 0.6) is 5.75 Å². The Kier molecular flexibility index (Phi) is 6.98. The number of pyridine rings is 2. The van der Waals surface area contributed by atoms with Crippen molar-refractivity contribution in [3.63, 3.8) is 0 Å². The van der Waals surface area contributed by atoms with E-state index >= 15 is 0 Å². The molecule has 27 heavy (non-hydrogen) atoms. The summed E-state index contributed by atoms with van der Waals surface area (Å²) < 4.78 is 0. The minimum atomic E-state index is 0.0291. The summed E-state index contributed by atoms with van der Waals surface area (Å²) in [6.45, 7) is 5.36. The van der Waals surface area contributed by atoms with Crippen LogP contribution in [0.25, 0.3) is 0 Å². The topological polar surface area (TPSA) is 85.1 Å². The molecule has 3 heterocycles. The molecule has 0 bridgehead atoms. The van der Waals surface area contributed by atoms with E-state index in [1.54, 1.807) is 6.07 Å². The van der Waals surface area contributed by atoms with E-state index in [0.29, 0.717) is 5.69 Å². The Hall–Kier alpha value is -2.67. The van der Waals surface area contributed by atoms with Gasteiger partial charge in [-0.3, -0.25) is 4.90 Å². The fourth-order valence-electron chi connectivity index (χ4n) is 3.36. The molecule has 0 unspecified atom stereocenters. The zero-order valence-electron chi connectivity index (χ0n) is 15.5. The summed E-state index contributed by atoms with van der Waals surface area (Å²) in [5, 5.41) is 21.2. The Bertz CT molecular complexity index is 730. The van der Waals surface area contributed by atoms with Gasteiger partial charge < -0.3 is 15.2 Å². The molecule has 2 N–H and O–H groups in total. The number of nitrogens with zero attached hydrogens (tertiary/aromatic N) is 5. The number of aryl methyl sites for hydroxylation is 1. The molecule has 1 fully saturated rings. The van der Waals surface area contributed by atoms with Crippen molar-refractivity contribution in [1.82, 2.24) is 14.9 Å². The minimum Gasteiger partial charge on any atom is -0.506 e. The Morgan fingerprint density at radius 2 is 1.89 bits per heavy atom. The van der Waals surface area contributed by atoms with Gasteiger partial charge in [0.25, 0.3) is 0 Å². The number of piperazine rings is 1. The van der Waals surface area contributed by atoms with Gasteiger partial charge >= 0.3 is 0 Å². The van der Waals surface area contributed by atoms with Gasteiger partial charge in [-0.15, -0.1) is 0 Å². The van der Waals surface area contributed by atoms with Crippen molar-refractivity contribution in [1.29, 1.82) is 0 Å². The summed E-state index contributed by atoms with van der Waals surface area (Å²) in [6, 6.07) is 9.48. The maximum Gasteiger partial charge on any atom is 0.142 e. The van der Waals surface area contributed by atoms with Crippen molar-refractivity contribution in [3.8, 4) is 5.75 Å². The van der Waals surface area contributed by atoms with Crippen LogP contribution in [0, 0.1) is 0 Å². The lowest BCUT2D eigenvalue weighted by Gasteiger charge is -2.35. The fraction of sp³-hybridized carbons (Fsp3) is 0.450. The molecule has 0 spiro atoms. The predicted molar refractivity (Wildman–Crippen MR) is 106 cm³/mol. The lowest BCUT2D eigenvalue weighted by atomic mass is 10.1. The largest absolute Gasteiger partial charge is 0.506 e. The first-order valence-electron chi connectivity index (χ1n) is 9.51. The van der Waals surface area contributed by atoms with Crippen LogP contribution < -0.4 is 4.90 Å². The summed E-state index contributed by atoms with van der Waals surface area (Å²) in [4.78, 5) is 13.6. The first-order valence-corrected chi connectivity index (χ1v) is 9.51. The molecule has 1 saturated heterocycles. The quantitative estimate of drug-likeness (QED) is 0.322. The highest BCUT2D eigenvalue weighted by molar-refractivity contribution is 5.80. The summed E-state index contributed by atoms with van der Waals surface area (Å²) in [5.41, 5.74) is 1.22. The molecular formula is C20H27N5O2. The first-order chi connectivity index (χ1) is 13.3. The van der Waals surface area contributed by atoms with Crippen molar-refractivity contribution in [3.05, 3.63) is 47.9 Å². The van der Waals surface area contributed by atoms with Crippen LogP contribution in [0.15, 0.2) is 41.7 Å². The van der Waals surface area contributed by atoms with Crippen molar-refractivity contribution in [2.75, 3.05) is 37.6 Å². The molecule has 7 nitrogen and oxygen atoms in total. The number of anilines is 1. The Labute approximate surface area is 160 Å². The molecule has 3 rings (SSSR count). The molecule has 0 aromatic carbocycles. The normalized spacial score (nSPS) is 15.5. The van der Waals surface area contributed by atoms with E-state index in [0.717, 1.165) is 69.7 Å². The maximum atomic E-state index is 9.63. The van der Waals surface area contributed by atoms with E-state index in [2.05, 4.69) is 31.0 Å². The molecule has 2 aromatic rings. The number of rotatable bonds is 8. The zero-order valence-corrected chi connectivity index (χ0v) is 15.5. The number of hydrogen-bond donors (Lipinski definition) is 2. The van der Waals surface area contributed by atoms with Crippen LogP contribution in [-0.4, -0.2) is 64.1 Å². The molecule has 7 heteroatoms. The third-order valence-electron chi connectivity index (χ3n) is 4.89. The second-order valence-corrected chi connectivity index (χ2v) is 6.78. The zero-order chi connectivity index (χ0) is 18.9. The number of unbranched alkanes of at least 4 members (excludes halogenated alkanes) is 2. The third kappa shape index (κ3) is 5.65. The maximum absolute atomic E-state index is 9.63. The fourth-order valence-corrected chi connectivity index (χ4v) is 3.36. The molecule has 0 radical (unpaired) electrons. The van der Waals surface area contributed by atoms with Crippen LogP contribution in [0.3, 0.4) is 0 Å². The van der Waals surface area contributed by atoms with Crippen molar-refractivity contribution in [2.45, 2.75) is 25.7 Å². The van der Waals surface area contributed by atoms with Crippen molar-refractivity contribution >= 4 is 12.0 Å². The number of aromatic hydroxyl groups is 1. The number of hydrogen-bond acceptors (Lipinski definition) is 7. The van der Waals surface area contributed by atoms with E-state index in [1.807, 2.05) is 24.4 Å². The molecule has 0 atom stereocenters. The second kappa shape index (κ2) is 9.87. The minimum absolute atomic E-state index is 0.0291. The second-order valence-electron chi connectivity index (χ2n) is 6.78. The van der Waals surface area contributed by atoms with Gasteiger partial charge in [-0.25, -0.2) is 9.97 Å². The van der Waals surface area contributed by atoms with Gasteiger partial charge in [0.05, 0.1) is 6.21 Å². The van der Waals surface area contributed by atoms with Crippen LogP contribution in [0.1, 0.15) is 30.7 Å². The molecule has 0 amide bonds. The van der Waals surface area contributed by atoms with E-state index in [1.165, 1.54) is 6.42 Å². The predicted octanol–water partition coefficient (Wildman–Crippen LogP) is 2.53. The van der Waals surface area contributed by atoms with Gasteiger partial charge in [0.1, 0.15) is 17.3 Å². The van der Waals surface area contributed by atoms with Crippen molar-refractivity contribution < 1.29 is 10.3 Å². The van der Waals surface area contributed by atoms with E-state index in [4.69, 9.17) is 5.21 Å². The van der Waals surface area contributed by atoms with Crippen LogP contribution >= 0.6 is 0 Å². The number of aromatic nitrogens is 2. The van der Waals surface area contributed by atoms with E-state index < -0.39 is 0 Å². The monoisotopic (exact) mass is 369 g/mol. The molecule has 0 saturated carbocycles. The highest BCUT2D eigenvalue weighted by Crippen LogP contribution is 2.15. The summed E-state index contributed by atoms with van der Waals surface area (Å²) in [5.74, 6) is 1.10. The Morgan fingerprint density at radius 3 is 2.63 bits per heavy atom. The smallest absolute Gasteiger partial charge is 0.142 e. The van der Waals surface area contributed by atoms with E-state index in [-0.39, 0.29) is 5.75 Å². The van der Waals surface area contributed by atoms with Gasteiger partial charge in [0.15, 0.2) is 0 Å². The highest BCUT2D eigenvalue weighted by atomic mass is 16.4. The van der Waals surface area contributed by atoms with Gasteiger partial charge in [-0.1, -0.05) is 17.6 Å². The SMILES string of the molecule is ON=Cc1nc(CCCCCN2CCN(c3ccccn3)CC2)ccc1O. The Balaban J connectivity index is 1.33. The van der Waals surface area contributed by atoms with Crippen LogP contribution in [0.2, 0.25) is 0 Å². The molecule has 1 aliphatic rings. The van der Waals surface area contributed by atoms with Gasteiger partial charge in [0.2, 0.25) is 0 Å². The highest BCUT2D eigenvalue weighted by Gasteiger charge is 2.17. The van der Waals surface area contributed by atoms with Crippen LogP contribution in [-0.2, 0) is 6.42 Å². The molecule has 0 aliphatic carbocycles. The third-order valence-corrected chi connectivity index (χ3v) is 4.89. The number of oxime groups is 1. The molecule has 144 valence electrons. The molecular weight excluding hydrogens is 342 g/mol. The molecule has 1 aliphatic heterocycles. The van der Waals surface area contributed by atoms with Crippen LogP contribution in [0.4, 0.5) is 5.82 Å². The lowest BCUT2D eigenvalue weighted by molar-refractivity contribution is 0.251. The van der Waals surface area contributed by atoms with Crippen molar-refractivity contribution in [2.24, 2.45) is 5.16 Å². The van der Waals surface area contributed by atoms with Gasteiger partial charge in [0, 0.05) is 38.1 Å². The average Bonchev–Trinajstić information content (AvgIpc) is 2.71. The molecule has 2 aromatic heterocycles. The summed E-state index contributed by atoms with van der Waals surface area (Å²) in [7, 11) is 0. The average molecular weight is 369 g/mol.